The molecule has 1 aromatic carbocycles. The van der Waals surface area contributed by atoms with E-state index in [1.807, 2.05) is 25.1 Å². The Bertz CT molecular complexity index is 833. The number of thiazole rings is 1. The fraction of sp³-hybridized carbons (Fsp3) is 0.400. The maximum absolute atomic E-state index is 12.3. The smallest absolute Gasteiger partial charge is 0.234 e. The first-order valence-corrected chi connectivity index (χ1v) is 9.91. The van der Waals surface area contributed by atoms with E-state index in [4.69, 9.17) is 9.40 Å². The van der Waals surface area contributed by atoms with Gasteiger partial charge in [0, 0.05) is 5.92 Å². The van der Waals surface area contributed by atoms with Crippen molar-refractivity contribution in [3.8, 4) is 0 Å². The van der Waals surface area contributed by atoms with Crippen LogP contribution in [0, 0.1) is 0 Å². The first kappa shape index (κ1) is 17.2. The van der Waals surface area contributed by atoms with Crippen LogP contribution in [0.4, 0.5) is 0 Å². The number of para-hydroxylation sites is 1. The summed E-state index contributed by atoms with van der Waals surface area (Å²) < 4.78 is 6.60. The number of likely N-dealkylation sites (tertiary alicyclic amines) is 1. The lowest BCUT2D eigenvalue weighted by molar-refractivity contribution is -0.123. The summed E-state index contributed by atoms with van der Waals surface area (Å²) in [5.41, 5.74) is 1.10. The van der Waals surface area contributed by atoms with Gasteiger partial charge >= 0.3 is 0 Å². The first-order valence-electron chi connectivity index (χ1n) is 9.09. The second-order valence-electron chi connectivity index (χ2n) is 6.87. The Kier molecular flexibility index (Phi) is 5.04. The normalized spacial score (nSPS) is 17.4. The molecule has 3 aromatic rings. The number of hydrogen-bond acceptors (Lipinski definition) is 5. The second kappa shape index (κ2) is 7.60. The molecule has 4 rings (SSSR count). The van der Waals surface area contributed by atoms with Crippen molar-refractivity contribution in [3.63, 3.8) is 0 Å². The summed E-state index contributed by atoms with van der Waals surface area (Å²) in [5, 5.41) is 4.24. The van der Waals surface area contributed by atoms with Crippen LogP contribution in [-0.4, -0.2) is 35.4 Å². The molecule has 1 fully saturated rings. The van der Waals surface area contributed by atoms with E-state index in [9.17, 15) is 4.79 Å². The highest BCUT2D eigenvalue weighted by Gasteiger charge is 2.25. The lowest BCUT2D eigenvalue weighted by atomic mass is 9.97. The summed E-state index contributed by atoms with van der Waals surface area (Å²) in [6, 6.07) is 11.9. The van der Waals surface area contributed by atoms with Crippen molar-refractivity contribution in [2.75, 3.05) is 19.6 Å². The molecule has 136 valence electrons. The van der Waals surface area contributed by atoms with Crippen molar-refractivity contribution < 1.29 is 9.21 Å². The van der Waals surface area contributed by atoms with Crippen LogP contribution in [0.3, 0.4) is 0 Å². The third-order valence-electron chi connectivity index (χ3n) is 4.96. The molecule has 1 aliphatic heterocycles. The molecule has 1 saturated heterocycles. The van der Waals surface area contributed by atoms with Gasteiger partial charge in [-0.15, -0.1) is 11.3 Å². The number of carbonyl (C=O) groups excluding carboxylic acids is 1. The summed E-state index contributed by atoms with van der Waals surface area (Å²) in [4.78, 5) is 19.3. The van der Waals surface area contributed by atoms with Crippen LogP contribution in [0.1, 0.15) is 42.5 Å². The number of furan rings is 1. The van der Waals surface area contributed by atoms with Gasteiger partial charge in [0.15, 0.2) is 0 Å². The van der Waals surface area contributed by atoms with E-state index in [1.54, 1.807) is 17.6 Å². The summed E-state index contributed by atoms with van der Waals surface area (Å²) in [5.74, 6) is 1.34. The van der Waals surface area contributed by atoms with E-state index in [-0.39, 0.29) is 11.9 Å². The van der Waals surface area contributed by atoms with Gasteiger partial charge in [-0.25, -0.2) is 4.98 Å². The third-order valence-corrected chi connectivity index (χ3v) is 6.16. The van der Waals surface area contributed by atoms with Crippen LogP contribution < -0.4 is 5.32 Å². The first-order chi connectivity index (χ1) is 12.7. The fourth-order valence-corrected chi connectivity index (χ4v) is 4.64. The highest BCUT2D eigenvalue weighted by Crippen LogP contribution is 2.33. The molecule has 0 aliphatic carbocycles. The molecule has 1 N–H and O–H groups in total. The fourth-order valence-electron chi connectivity index (χ4n) is 3.50. The monoisotopic (exact) mass is 369 g/mol. The van der Waals surface area contributed by atoms with Gasteiger partial charge in [-0.2, -0.15) is 0 Å². The van der Waals surface area contributed by atoms with Crippen LogP contribution in [0.2, 0.25) is 0 Å². The van der Waals surface area contributed by atoms with Crippen molar-refractivity contribution >= 4 is 27.5 Å². The number of fused-ring (bicyclic) bond motifs is 1. The molecule has 2 aromatic heterocycles. The third kappa shape index (κ3) is 3.81. The average Bonchev–Trinajstić information content (AvgIpc) is 3.32. The number of rotatable bonds is 5. The highest BCUT2D eigenvalue weighted by atomic mass is 32.1. The van der Waals surface area contributed by atoms with E-state index in [1.165, 1.54) is 9.71 Å². The van der Waals surface area contributed by atoms with Crippen molar-refractivity contribution in [1.82, 2.24) is 15.2 Å². The van der Waals surface area contributed by atoms with Crippen LogP contribution in [0.5, 0.6) is 0 Å². The summed E-state index contributed by atoms with van der Waals surface area (Å²) >= 11 is 1.81. The number of aromatic nitrogens is 1. The molecule has 6 heteroatoms. The van der Waals surface area contributed by atoms with Gasteiger partial charge in [-0.3, -0.25) is 9.69 Å². The molecule has 26 heavy (non-hydrogen) atoms. The standard InChI is InChI=1S/C20H23N3O2S/c1-14(17-6-4-12-25-17)21-19(24)13-23-10-8-15(9-11-23)20-22-16-5-2-3-7-18(16)26-20/h2-7,12,14-15H,8-11,13H2,1H3,(H,21,24)/t14-/m0/s1. The number of nitrogens with one attached hydrogen (secondary N) is 1. The molecule has 0 bridgehead atoms. The van der Waals surface area contributed by atoms with E-state index in [0.717, 1.165) is 37.2 Å². The van der Waals surface area contributed by atoms with Gasteiger partial charge in [0.25, 0.3) is 0 Å². The Hall–Kier alpha value is -2.18. The van der Waals surface area contributed by atoms with Crippen molar-refractivity contribution in [2.24, 2.45) is 0 Å². The second-order valence-corrected chi connectivity index (χ2v) is 7.94. The van der Waals surface area contributed by atoms with Gasteiger partial charge in [0.2, 0.25) is 5.91 Å². The zero-order valence-corrected chi connectivity index (χ0v) is 15.7. The number of piperidine rings is 1. The average molecular weight is 369 g/mol. The molecular weight excluding hydrogens is 346 g/mol. The van der Waals surface area contributed by atoms with Crippen molar-refractivity contribution in [1.29, 1.82) is 0 Å². The van der Waals surface area contributed by atoms with E-state index >= 15 is 0 Å². The van der Waals surface area contributed by atoms with Gasteiger partial charge in [-0.1, -0.05) is 12.1 Å². The minimum absolute atomic E-state index is 0.0485. The SMILES string of the molecule is C[C@H](NC(=O)CN1CCC(c2nc3ccccc3s2)CC1)c1ccco1. The van der Waals surface area contributed by atoms with Crippen LogP contribution in [0.15, 0.2) is 47.1 Å². The Morgan fingerprint density at radius 2 is 2.12 bits per heavy atom. The molecule has 3 heterocycles. The molecule has 1 aliphatic rings. The maximum atomic E-state index is 12.3. The van der Waals surface area contributed by atoms with Crippen LogP contribution in [0.25, 0.3) is 10.2 Å². The summed E-state index contributed by atoms with van der Waals surface area (Å²) in [7, 11) is 0. The lowest BCUT2D eigenvalue weighted by Crippen LogP contribution is -2.41. The topological polar surface area (TPSA) is 58.4 Å². The summed E-state index contributed by atoms with van der Waals surface area (Å²) in [6.45, 7) is 4.25. The Morgan fingerprint density at radius 1 is 1.31 bits per heavy atom. The Morgan fingerprint density at radius 3 is 2.85 bits per heavy atom. The molecule has 0 radical (unpaired) electrons. The van der Waals surface area contributed by atoms with Crippen LogP contribution in [-0.2, 0) is 4.79 Å². The van der Waals surface area contributed by atoms with E-state index in [2.05, 4.69) is 28.4 Å². The Labute approximate surface area is 157 Å². The molecule has 5 nitrogen and oxygen atoms in total. The number of amides is 1. The minimum Gasteiger partial charge on any atom is -0.467 e. The quantitative estimate of drug-likeness (QED) is 0.740. The molecule has 1 amide bonds. The number of hydrogen-bond donors (Lipinski definition) is 1. The largest absolute Gasteiger partial charge is 0.467 e. The Balaban J connectivity index is 1.28. The molecule has 0 spiro atoms. The van der Waals surface area contributed by atoms with Gasteiger partial charge < -0.3 is 9.73 Å². The van der Waals surface area contributed by atoms with Gasteiger partial charge in [-0.05, 0) is 57.1 Å². The highest BCUT2D eigenvalue weighted by molar-refractivity contribution is 7.18. The van der Waals surface area contributed by atoms with E-state index < -0.39 is 0 Å². The van der Waals surface area contributed by atoms with E-state index in [0.29, 0.717) is 12.5 Å². The minimum atomic E-state index is -0.0993. The van der Waals surface area contributed by atoms with Gasteiger partial charge in [0.1, 0.15) is 5.76 Å². The molecule has 1 atom stereocenters. The molecule has 0 unspecified atom stereocenters. The zero-order chi connectivity index (χ0) is 17.9. The number of benzene rings is 1. The lowest BCUT2D eigenvalue weighted by Gasteiger charge is -2.30. The number of nitrogens with zero attached hydrogens (tertiary/aromatic N) is 2. The summed E-state index contributed by atoms with van der Waals surface area (Å²) in [6.07, 6.45) is 3.74. The van der Waals surface area contributed by atoms with Crippen molar-refractivity contribution in [2.45, 2.75) is 31.7 Å². The maximum Gasteiger partial charge on any atom is 0.234 e. The molecule has 0 saturated carbocycles. The van der Waals surface area contributed by atoms with Gasteiger partial charge in [0.05, 0.1) is 34.1 Å². The number of carbonyl (C=O) groups is 1. The predicted octanol–water partition coefficient (Wildman–Crippen LogP) is 3.95. The predicted molar refractivity (Wildman–Crippen MR) is 103 cm³/mol. The zero-order valence-electron chi connectivity index (χ0n) is 14.9. The van der Waals surface area contributed by atoms with Crippen molar-refractivity contribution in [3.05, 3.63) is 53.4 Å². The molecular formula is C20H23N3O2S. The van der Waals surface area contributed by atoms with Crippen LogP contribution >= 0.6 is 11.3 Å².